The zero-order chi connectivity index (χ0) is 44.9. The van der Waals surface area contributed by atoms with Crippen molar-refractivity contribution in [3.8, 4) is 0 Å². The number of hydrogen-bond donors (Lipinski definition) is 24. The van der Waals surface area contributed by atoms with Crippen LogP contribution >= 0.6 is 11.6 Å². The van der Waals surface area contributed by atoms with E-state index in [0.717, 1.165) is 0 Å². The maximum atomic E-state index is 8.56. The number of halogens is 1. The van der Waals surface area contributed by atoms with Crippen molar-refractivity contribution in [1.82, 2.24) is 0 Å². The van der Waals surface area contributed by atoms with Gasteiger partial charge in [-0.25, -0.2) is 57.5 Å². The third kappa shape index (κ3) is 818. The molecule has 37 heteroatoms. The van der Waals surface area contributed by atoms with E-state index in [-0.39, 0.29) is 0 Å². The zero-order valence-corrected chi connectivity index (χ0v) is 23.8. The summed E-state index contributed by atoms with van der Waals surface area (Å²) < 4.78 is 0. The Balaban J connectivity index is -0.0000000270. The van der Waals surface area contributed by atoms with Crippen LogP contribution in [0, 0.1) is 0 Å². The normalized spacial score (nSPS) is 5.88. The molecule has 24 N–H and O–H groups in total. The van der Waals surface area contributed by atoms with E-state index in [2.05, 4.69) is 11.6 Å². The van der Waals surface area contributed by atoms with Gasteiger partial charge in [0.15, 0.2) is 0 Å². The summed E-state index contributed by atoms with van der Waals surface area (Å²) in [5, 5.41) is 167. The largest absolute Gasteiger partial charge is 0.503 e. The Kier molecular flexibility index (Phi) is 140. The van der Waals surface area contributed by atoms with E-state index in [9.17, 15) is 0 Å². The Bertz CT molecular complexity index is 582. The van der Waals surface area contributed by atoms with E-state index in [1.54, 1.807) is 0 Å². The summed E-state index contributed by atoms with van der Waals surface area (Å²) in [5.74, 6) is 0. The summed E-state index contributed by atoms with van der Waals surface area (Å²) in [6.07, 6.45) is -20.5. The Morgan fingerprint density at radius 1 is 0.180 bits per heavy atom. The second kappa shape index (κ2) is 83.6. The molecule has 0 aromatic heterocycles. The molecule has 0 rings (SSSR count). The van der Waals surface area contributed by atoms with Gasteiger partial charge in [0, 0.05) is 6.38 Å². The molecule has 0 aliphatic carbocycles. The van der Waals surface area contributed by atoms with Crippen molar-refractivity contribution in [2.75, 3.05) is 6.38 Å². The van der Waals surface area contributed by atoms with E-state index >= 15 is 0 Å². The molecule has 302 valence electrons. The predicted molar refractivity (Wildman–Crippen MR) is 140 cm³/mol. The molecule has 0 aliphatic rings. The number of rotatable bonds is 0. The van der Waals surface area contributed by atoms with Crippen molar-refractivity contribution in [3.63, 3.8) is 0 Å². The van der Waals surface area contributed by atoms with Crippen LogP contribution in [0.25, 0.3) is 0 Å². The number of carboxylic acid groups (broad SMARTS) is 24. The predicted octanol–water partition coefficient (Wildman–Crippen LogP) is 3.52. The minimum Gasteiger partial charge on any atom is -0.450 e. The van der Waals surface area contributed by atoms with E-state index in [1.165, 1.54) is 6.38 Å². The smallest absolute Gasteiger partial charge is 0.450 e. The van der Waals surface area contributed by atoms with E-state index < -0.39 is 73.9 Å². The molecule has 0 amide bonds. The fourth-order valence-corrected chi connectivity index (χ4v) is 0. The van der Waals surface area contributed by atoms with Crippen LogP contribution in [0.15, 0.2) is 0 Å². The van der Waals surface area contributed by atoms with Crippen LogP contribution < -0.4 is 0 Å². The van der Waals surface area contributed by atoms with Crippen LogP contribution in [-0.2, 0) is 0 Å². The van der Waals surface area contributed by atoms with Crippen molar-refractivity contribution < 1.29 is 180 Å². The van der Waals surface area contributed by atoms with Crippen LogP contribution in [0.3, 0.4) is 0 Å². The van der Waals surface area contributed by atoms with Gasteiger partial charge in [-0.3, -0.25) is 0 Å². The summed E-state index contributed by atoms with van der Waals surface area (Å²) >= 11 is 4.64. The molecule has 0 heterocycles. The van der Waals surface area contributed by atoms with Gasteiger partial charge < -0.3 is 123 Å². The van der Waals surface area contributed by atoms with Gasteiger partial charge in [0.1, 0.15) is 0 Å². The highest BCUT2D eigenvalue weighted by atomic mass is 35.5. The van der Waals surface area contributed by atoms with Crippen LogP contribution in [-0.4, -0.2) is 203 Å². The van der Waals surface area contributed by atoms with Gasteiger partial charge >= 0.3 is 73.9 Å². The van der Waals surface area contributed by atoms with Crippen molar-refractivity contribution in [1.29, 1.82) is 0 Å². The van der Waals surface area contributed by atoms with E-state index in [4.69, 9.17) is 180 Å². The maximum Gasteiger partial charge on any atom is 0.503 e. The molecular weight excluding hydrogens is 768 g/mol. The van der Waals surface area contributed by atoms with Gasteiger partial charge in [-0.05, 0) is 0 Å². The third-order valence-corrected chi connectivity index (χ3v) is 0. The lowest BCUT2D eigenvalue weighted by molar-refractivity contribution is 0.135. The second-order valence-corrected chi connectivity index (χ2v) is 3.39. The van der Waals surface area contributed by atoms with Crippen LogP contribution in [0.2, 0.25) is 0 Å². The van der Waals surface area contributed by atoms with Gasteiger partial charge in [-0.15, -0.1) is 11.6 Å². The standard InChI is InChI=1S/CH3Cl.12CH2O3/c1-2;12*2-1(3)4/h1H3;12*(H2,2,3,4). The average Bonchev–Trinajstić information content (AvgIpc) is 2.69. The first-order valence-electron chi connectivity index (χ1n) is 8.19. The Labute approximate surface area is 272 Å². The van der Waals surface area contributed by atoms with Crippen LogP contribution in [0.4, 0.5) is 57.5 Å². The summed E-state index contributed by atoms with van der Waals surface area (Å²) in [5.41, 5.74) is 0. The third-order valence-electron chi connectivity index (χ3n) is 0. The molecule has 0 unspecified atom stereocenters. The van der Waals surface area contributed by atoms with Crippen molar-refractivity contribution in [3.05, 3.63) is 0 Å². The molecule has 0 aromatic rings. The minimum absolute atomic E-state index is 1.47. The molecule has 0 radical (unpaired) electrons. The molecule has 0 fully saturated rings. The average molecular weight is 795 g/mol. The quantitative estimate of drug-likeness (QED) is 0.156. The van der Waals surface area contributed by atoms with E-state index in [1.807, 2.05) is 0 Å². The molecule has 0 spiro atoms. The van der Waals surface area contributed by atoms with Gasteiger partial charge in [0.25, 0.3) is 0 Å². The lowest BCUT2D eigenvalue weighted by Crippen LogP contribution is -1.81. The first-order valence-corrected chi connectivity index (χ1v) is 8.95. The SMILES string of the molecule is CCl.O=C(O)O.O=C(O)O.O=C(O)O.O=C(O)O.O=C(O)O.O=C(O)O.O=C(O)O.O=C(O)O.O=C(O)O.O=C(O)O.O=C(O)O.O=C(O)O. The molecule has 36 nitrogen and oxygen atoms in total. The topological polar surface area (TPSA) is 690 Å². The minimum atomic E-state index is -1.83. The lowest BCUT2D eigenvalue weighted by Gasteiger charge is -1.60. The first kappa shape index (κ1) is 83.8. The van der Waals surface area contributed by atoms with Gasteiger partial charge in [-0.1, -0.05) is 0 Å². The fourth-order valence-electron chi connectivity index (χ4n) is 0. The van der Waals surface area contributed by atoms with Gasteiger partial charge in [-0.2, -0.15) is 0 Å². The van der Waals surface area contributed by atoms with Crippen molar-refractivity contribution >= 4 is 85.5 Å². The lowest BCUT2D eigenvalue weighted by atomic mass is 11.5. The highest BCUT2D eigenvalue weighted by Crippen LogP contribution is 1.47. The summed E-state index contributed by atoms with van der Waals surface area (Å²) in [4.78, 5) is 103. The molecule has 0 bridgehead atoms. The second-order valence-electron chi connectivity index (χ2n) is 3.39. The monoisotopic (exact) mass is 794 g/mol. The molecule has 0 saturated heterocycles. The Morgan fingerprint density at radius 2 is 0.180 bits per heavy atom. The van der Waals surface area contributed by atoms with Crippen LogP contribution in [0.1, 0.15) is 0 Å². The zero-order valence-electron chi connectivity index (χ0n) is 23.0. The summed E-state index contributed by atoms with van der Waals surface area (Å²) in [6, 6.07) is 0. The Morgan fingerprint density at radius 3 is 0.180 bits per heavy atom. The van der Waals surface area contributed by atoms with Crippen molar-refractivity contribution in [2.24, 2.45) is 0 Å². The Hall–Kier alpha value is -8.47. The molecular formula is C13H27ClO36. The maximum absolute atomic E-state index is 8.56. The summed E-state index contributed by atoms with van der Waals surface area (Å²) in [6.45, 7) is 0. The molecule has 0 aliphatic heterocycles. The molecule has 0 atom stereocenters. The fraction of sp³-hybridized carbons (Fsp3) is 0.0769. The molecule has 50 heavy (non-hydrogen) atoms. The number of hydrogen-bond acceptors (Lipinski definition) is 12. The van der Waals surface area contributed by atoms with Crippen LogP contribution in [0.5, 0.6) is 0 Å². The number of alkyl halides is 1. The summed E-state index contributed by atoms with van der Waals surface area (Å²) in [7, 11) is 0. The van der Waals surface area contributed by atoms with E-state index in [0.29, 0.717) is 0 Å². The number of carbonyl (C=O) groups is 12. The van der Waals surface area contributed by atoms with Gasteiger partial charge in [0.2, 0.25) is 0 Å². The van der Waals surface area contributed by atoms with Gasteiger partial charge in [0.05, 0.1) is 0 Å². The highest BCUT2D eigenvalue weighted by Gasteiger charge is 1.74. The molecule has 0 saturated carbocycles. The first-order chi connectivity index (χ1) is 21.8. The van der Waals surface area contributed by atoms with Crippen molar-refractivity contribution in [2.45, 2.75) is 0 Å². The highest BCUT2D eigenvalue weighted by molar-refractivity contribution is 6.15. The molecule has 0 aromatic carbocycles.